The van der Waals surface area contributed by atoms with Gasteiger partial charge < -0.3 is 9.63 Å². The van der Waals surface area contributed by atoms with Crippen LogP contribution in [0.1, 0.15) is 25.2 Å². The number of aliphatic carboxylic acids is 1. The highest BCUT2D eigenvalue weighted by atomic mass is 32.2. The number of hydrogen-bond acceptors (Lipinski definition) is 5. The Balaban J connectivity index is 1.92. The summed E-state index contributed by atoms with van der Waals surface area (Å²) in [6.07, 6.45) is 4.17. The molecule has 2 rings (SSSR count). The molecule has 0 bridgehead atoms. The van der Waals surface area contributed by atoms with Crippen LogP contribution in [0.4, 0.5) is 0 Å². The molecule has 5 nitrogen and oxygen atoms in total. The summed E-state index contributed by atoms with van der Waals surface area (Å²) >= 11 is 1.68. The van der Waals surface area contributed by atoms with Crippen molar-refractivity contribution in [2.45, 2.75) is 30.6 Å². The van der Waals surface area contributed by atoms with E-state index >= 15 is 0 Å². The van der Waals surface area contributed by atoms with Crippen molar-refractivity contribution >= 4 is 17.7 Å². The number of aromatic nitrogens is 2. The van der Waals surface area contributed by atoms with Gasteiger partial charge in [-0.15, -0.1) is 11.8 Å². The Kier molecular flexibility index (Phi) is 5.17. The van der Waals surface area contributed by atoms with Crippen LogP contribution >= 0.6 is 11.8 Å². The molecule has 0 amide bonds. The van der Waals surface area contributed by atoms with E-state index in [2.05, 4.69) is 10.1 Å². The molecule has 0 saturated carbocycles. The normalized spacial score (nSPS) is 10.7. The number of aryl methyl sites for hydroxylation is 1. The van der Waals surface area contributed by atoms with Gasteiger partial charge in [-0.2, -0.15) is 4.98 Å². The topological polar surface area (TPSA) is 76.2 Å². The average Bonchev–Trinajstić information content (AvgIpc) is 2.92. The van der Waals surface area contributed by atoms with Crippen LogP contribution < -0.4 is 0 Å². The van der Waals surface area contributed by atoms with E-state index < -0.39 is 5.97 Å². The Morgan fingerprint density at radius 1 is 1.30 bits per heavy atom. The maximum Gasteiger partial charge on any atom is 0.303 e. The van der Waals surface area contributed by atoms with Crippen molar-refractivity contribution in [2.24, 2.45) is 0 Å². The van der Waals surface area contributed by atoms with Crippen LogP contribution in [-0.4, -0.2) is 27.5 Å². The highest BCUT2D eigenvalue weighted by molar-refractivity contribution is 7.98. The first-order valence-electron chi connectivity index (χ1n) is 6.38. The van der Waals surface area contributed by atoms with E-state index in [1.807, 2.05) is 30.5 Å². The van der Waals surface area contributed by atoms with Crippen LogP contribution in [-0.2, 0) is 11.2 Å². The first-order chi connectivity index (χ1) is 9.69. The van der Waals surface area contributed by atoms with Crippen molar-refractivity contribution in [2.75, 3.05) is 6.26 Å². The summed E-state index contributed by atoms with van der Waals surface area (Å²) in [4.78, 5) is 15.9. The fourth-order valence-corrected chi connectivity index (χ4v) is 2.17. The number of nitrogens with zero attached hydrogens (tertiary/aromatic N) is 2. The van der Waals surface area contributed by atoms with Crippen molar-refractivity contribution in [1.82, 2.24) is 10.1 Å². The Morgan fingerprint density at radius 2 is 2.05 bits per heavy atom. The Morgan fingerprint density at radius 3 is 2.70 bits per heavy atom. The largest absolute Gasteiger partial charge is 0.481 e. The lowest BCUT2D eigenvalue weighted by Gasteiger charge is -1.96. The monoisotopic (exact) mass is 292 g/mol. The molecule has 1 N–H and O–H groups in total. The number of benzene rings is 1. The zero-order valence-corrected chi connectivity index (χ0v) is 12.0. The van der Waals surface area contributed by atoms with Gasteiger partial charge in [0.15, 0.2) is 0 Å². The van der Waals surface area contributed by atoms with E-state index in [9.17, 15) is 4.79 Å². The minimum absolute atomic E-state index is 0.178. The fourth-order valence-electron chi connectivity index (χ4n) is 1.77. The highest BCUT2D eigenvalue weighted by Gasteiger charge is 2.08. The van der Waals surface area contributed by atoms with E-state index in [1.165, 1.54) is 4.90 Å². The van der Waals surface area contributed by atoms with E-state index in [-0.39, 0.29) is 6.42 Å². The van der Waals surface area contributed by atoms with Crippen molar-refractivity contribution in [3.05, 3.63) is 30.2 Å². The molecule has 0 fully saturated rings. The lowest BCUT2D eigenvalue weighted by Crippen LogP contribution is -1.95. The van der Waals surface area contributed by atoms with Crippen molar-refractivity contribution < 1.29 is 14.4 Å². The second kappa shape index (κ2) is 7.09. The molecule has 6 heteroatoms. The molecule has 20 heavy (non-hydrogen) atoms. The van der Waals surface area contributed by atoms with Crippen LogP contribution in [0.2, 0.25) is 0 Å². The molecule has 0 aliphatic rings. The van der Waals surface area contributed by atoms with Crippen molar-refractivity contribution in [3.63, 3.8) is 0 Å². The lowest BCUT2D eigenvalue weighted by molar-refractivity contribution is -0.137. The van der Waals surface area contributed by atoms with Gasteiger partial charge in [-0.25, -0.2) is 0 Å². The summed E-state index contributed by atoms with van der Waals surface area (Å²) in [6, 6.07) is 7.96. The zero-order chi connectivity index (χ0) is 14.4. The van der Waals surface area contributed by atoms with Crippen LogP contribution in [0.15, 0.2) is 33.7 Å². The van der Waals surface area contributed by atoms with E-state index in [4.69, 9.17) is 9.63 Å². The van der Waals surface area contributed by atoms with Gasteiger partial charge in [0.25, 0.3) is 0 Å². The summed E-state index contributed by atoms with van der Waals surface area (Å²) in [5.41, 5.74) is 0.920. The van der Waals surface area contributed by atoms with Crippen LogP contribution in [0.5, 0.6) is 0 Å². The summed E-state index contributed by atoms with van der Waals surface area (Å²) < 4.78 is 5.17. The number of rotatable bonds is 7. The van der Waals surface area contributed by atoms with Gasteiger partial charge in [0.1, 0.15) is 0 Å². The molecular weight excluding hydrogens is 276 g/mol. The van der Waals surface area contributed by atoms with Gasteiger partial charge in [-0.3, -0.25) is 4.79 Å². The van der Waals surface area contributed by atoms with Gasteiger partial charge in [0, 0.05) is 23.3 Å². The maximum atomic E-state index is 10.4. The average molecular weight is 292 g/mol. The summed E-state index contributed by atoms with van der Waals surface area (Å²) in [7, 11) is 0. The van der Waals surface area contributed by atoms with E-state index in [1.54, 1.807) is 11.8 Å². The van der Waals surface area contributed by atoms with Gasteiger partial charge >= 0.3 is 5.97 Å². The Hall–Kier alpha value is -1.82. The third-order valence-corrected chi connectivity index (χ3v) is 3.59. The Bertz CT molecular complexity index is 566. The third kappa shape index (κ3) is 4.09. The number of unbranched alkanes of at least 4 members (excludes halogenated alkanes) is 1. The van der Waals surface area contributed by atoms with Crippen molar-refractivity contribution in [1.29, 1.82) is 0 Å². The standard InChI is InChI=1S/C14H16N2O3S/c1-20-11-8-6-10(7-9-11)14-15-12(19-16-14)4-2-3-5-13(17)18/h6-9H,2-5H2,1H3,(H,17,18). The molecule has 1 aromatic carbocycles. The van der Waals surface area contributed by atoms with E-state index in [0.29, 0.717) is 24.6 Å². The molecule has 0 aliphatic heterocycles. The van der Waals surface area contributed by atoms with Crippen LogP contribution in [0, 0.1) is 0 Å². The molecule has 0 unspecified atom stereocenters. The minimum Gasteiger partial charge on any atom is -0.481 e. The SMILES string of the molecule is CSc1ccc(-c2noc(CCCCC(=O)O)n2)cc1. The van der Waals surface area contributed by atoms with Gasteiger partial charge in [-0.05, 0) is 43.4 Å². The number of carboxylic acid groups (broad SMARTS) is 1. The summed E-state index contributed by atoms with van der Waals surface area (Å²) in [5.74, 6) is 0.357. The van der Waals surface area contributed by atoms with Gasteiger partial charge in [0.2, 0.25) is 11.7 Å². The summed E-state index contributed by atoms with van der Waals surface area (Å²) in [6.45, 7) is 0. The minimum atomic E-state index is -0.773. The van der Waals surface area contributed by atoms with Gasteiger partial charge in [0.05, 0.1) is 0 Å². The number of carbonyl (C=O) groups is 1. The molecule has 2 aromatic rings. The van der Waals surface area contributed by atoms with E-state index in [0.717, 1.165) is 12.0 Å². The smallest absolute Gasteiger partial charge is 0.303 e. The molecular formula is C14H16N2O3S. The molecule has 0 radical (unpaired) electrons. The molecule has 1 aromatic heterocycles. The molecule has 1 heterocycles. The molecule has 0 atom stereocenters. The van der Waals surface area contributed by atoms with Crippen LogP contribution in [0.25, 0.3) is 11.4 Å². The quantitative estimate of drug-likeness (QED) is 0.623. The first-order valence-corrected chi connectivity index (χ1v) is 7.60. The molecule has 106 valence electrons. The fraction of sp³-hybridized carbons (Fsp3) is 0.357. The maximum absolute atomic E-state index is 10.4. The van der Waals surface area contributed by atoms with Crippen LogP contribution in [0.3, 0.4) is 0 Å². The zero-order valence-electron chi connectivity index (χ0n) is 11.2. The lowest BCUT2D eigenvalue weighted by atomic mass is 10.2. The van der Waals surface area contributed by atoms with Gasteiger partial charge in [-0.1, -0.05) is 5.16 Å². The summed E-state index contributed by atoms with van der Waals surface area (Å²) in [5, 5.41) is 12.5. The number of carboxylic acids is 1. The highest BCUT2D eigenvalue weighted by Crippen LogP contribution is 2.21. The number of thioether (sulfide) groups is 1. The first kappa shape index (κ1) is 14.6. The Labute approximate surface area is 121 Å². The molecule has 0 spiro atoms. The van der Waals surface area contributed by atoms with Crippen molar-refractivity contribution in [3.8, 4) is 11.4 Å². The predicted octanol–water partition coefficient (Wildman–Crippen LogP) is 3.26. The number of hydrogen-bond donors (Lipinski definition) is 1. The predicted molar refractivity (Wildman–Crippen MR) is 76.7 cm³/mol. The molecule has 0 saturated heterocycles. The second-order valence-corrected chi connectivity index (χ2v) is 5.22. The molecule has 0 aliphatic carbocycles. The third-order valence-electron chi connectivity index (χ3n) is 2.85. The second-order valence-electron chi connectivity index (χ2n) is 4.34.